The molecule has 3 rings (SSSR count). The van der Waals surface area contributed by atoms with Crippen LogP contribution in [0.5, 0.6) is 0 Å². The Kier molecular flexibility index (Phi) is 3.62. The molecule has 1 aromatic carbocycles. The molecule has 0 aliphatic carbocycles. The maximum absolute atomic E-state index is 6.10. The predicted molar refractivity (Wildman–Crippen MR) is 84.9 cm³/mol. The quantitative estimate of drug-likeness (QED) is 0.643. The normalized spacial score (nSPS) is 10.9. The van der Waals surface area contributed by atoms with Crippen molar-refractivity contribution in [2.45, 2.75) is 0 Å². The molecule has 0 spiro atoms. The zero-order valence-corrected chi connectivity index (χ0v) is 13.2. The van der Waals surface area contributed by atoms with Crippen LogP contribution in [0.25, 0.3) is 10.2 Å². The van der Waals surface area contributed by atoms with Crippen molar-refractivity contribution >= 4 is 71.6 Å². The molecule has 19 heavy (non-hydrogen) atoms. The highest BCUT2D eigenvalue weighted by Crippen LogP contribution is 2.32. The van der Waals surface area contributed by atoms with Crippen LogP contribution in [0.2, 0.25) is 10.0 Å². The third-order valence-electron chi connectivity index (χ3n) is 2.38. The SMILES string of the molecule is Clc1ccc2nc(Nc3ncc(Br)cc3Cl)sc2c1. The Morgan fingerprint density at radius 1 is 1.21 bits per heavy atom. The molecule has 0 aliphatic heterocycles. The summed E-state index contributed by atoms with van der Waals surface area (Å²) in [5, 5.41) is 5.07. The second kappa shape index (κ2) is 5.25. The molecule has 0 atom stereocenters. The van der Waals surface area contributed by atoms with Crippen molar-refractivity contribution in [3.63, 3.8) is 0 Å². The first-order chi connectivity index (χ1) is 9.11. The lowest BCUT2D eigenvalue weighted by Crippen LogP contribution is -1.93. The van der Waals surface area contributed by atoms with E-state index in [0.717, 1.165) is 19.8 Å². The van der Waals surface area contributed by atoms with Gasteiger partial charge in [-0.2, -0.15) is 0 Å². The fraction of sp³-hybridized carbons (Fsp3) is 0. The maximum atomic E-state index is 6.10. The fourth-order valence-electron chi connectivity index (χ4n) is 1.56. The highest BCUT2D eigenvalue weighted by molar-refractivity contribution is 9.10. The molecule has 2 heterocycles. The van der Waals surface area contributed by atoms with Crippen LogP contribution in [-0.4, -0.2) is 9.97 Å². The van der Waals surface area contributed by atoms with E-state index in [2.05, 4.69) is 31.2 Å². The van der Waals surface area contributed by atoms with Crippen LogP contribution >= 0.6 is 50.5 Å². The molecule has 1 N–H and O–H groups in total. The summed E-state index contributed by atoms with van der Waals surface area (Å²) in [7, 11) is 0. The van der Waals surface area contributed by atoms with E-state index in [0.29, 0.717) is 15.9 Å². The molecule has 7 heteroatoms. The fourth-order valence-corrected chi connectivity index (χ4v) is 3.38. The van der Waals surface area contributed by atoms with Gasteiger partial charge in [-0.25, -0.2) is 9.97 Å². The Labute approximate surface area is 131 Å². The van der Waals surface area contributed by atoms with E-state index >= 15 is 0 Å². The van der Waals surface area contributed by atoms with Crippen LogP contribution in [0.3, 0.4) is 0 Å². The van der Waals surface area contributed by atoms with Crippen molar-refractivity contribution < 1.29 is 0 Å². The largest absolute Gasteiger partial charge is 0.315 e. The molecule has 2 aromatic heterocycles. The molecular weight excluding hydrogens is 369 g/mol. The number of hydrogen-bond acceptors (Lipinski definition) is 4. The van der Waals surface area contributed by atoms with E-state index < -0.39 is 0 Å². The molecule has 0 amide bonds. The highest BCUT2D eigenvalue weighted by Gasteiger charge is 2.08. The third-order valence-corrected chi connectivity index (χ3v) is 4.27. The summed E-state index contributed by atoms with van der Waals surface area (Å²) < 4.78 is 1.85. The minimum atomic E-state index is 0.534. The second-order valence-corrected chi connectivity index (χ2v) is 6.53. The first kappa shape index (κ1) is 13.1. The van der Waals surface area contributed by atoms with Gasteiger partial charge < -0.3 is 5.32 Å². The molecule has 96 valence electrons. The third kappa shape index (κ3) is 2.84. The zero-order chi connectivity index (χ0) is 13.4. The number of hydrogen-bond donors (Lipinski definition) is 1. The number of thiazole rings is 1. The van der Waals surface area contributed by atoms with Crippen LogP contribution in [-0.2, 0) is 0 Å². The molecule has 0 radical (unpaired) electrons. The van der Waals surface area contributed by atoms with Crippen molar-refractivity contribution in [2.24, 2.45) is 0 Å². The first-order valence-corrected chi connectivity index (χ1v) is 7.62. The maximum Gasteiger partial charge on any atom is 0.189 e. The van der Waals surface area contributed by atoms with Gasteiger partial charge in [0.2, 0.25) is 0 Å². The Hall–Kier alpha value is -0.880. The van der Waals surface area contributed by atoms with Gasteiger partial charge >= 0.3 is 0 Å². The molecule has 3 nitrogen and oxygen atoms in total. The number of rotatable bonds is 2. The van der Waals surface area contributed by atoms with E-state index in [4.69, 9.17) is 23.2 Å². The van der Waals surface area contributed by atoms with Crippen molar-refractivity contribution in [3.05, 3.63) is 45.0 Å². The highest BCUT2D eigenvalue weighted by atomic mass is 79.9. The predicted octanol–water partition coefficient (Wildman–Crippen LogP) is 5.50. The van der Waals surface area contributed by atoms with Gasteiger partial charge in [-0.1, -0.05) is 34.5 Å². The number of nitrogens with one attached hydrogen (secondary N) is 1. The standard InChI is InChI=1S/C12H6BrCl2N3S/c13-6-3-8(15)11(16-5-6)18-12-17-9-2-1-7(14)4-10(9)19-12/h1-5H,(H,16,17,18). The van der Waals surface area contributed by atoms with Crippen molar-refractivity contribution in [2.75, 3.05) is 5.32 Å². The average Bonchev–Trinajstić information content (AvgIpc) is 2.74. The van der Waals surface area contributed by atoms with Gasteiger partial charge in [0, 0.05) is 15.7 Å². The van der Waals surface area contributed by atoms with Gasteiger partial charge in [-0.05, 0) is 40.2 Å². The number of halogens is 3. The number of nitrogens with zero attached hydrogens (tertiary/aromatic N) is 2. The summed E-state index contributed by atoms with van der Waals surface area (Å²) in [6.07, 6.45) is 1.68. The molecule has 0 unspecified atom stereocenters. The zero-order valence-electron chi connectivity index (χ0n) is 9.32. The van der Waals surface area contributed by atoms with Crippen LogP contribution in [0.1, 0.15) is 0 Å². The summed E-state index contributed by atoms with van der Waals surface area (Å²) in [5.74, 6) is 0.579. The number of benzene rings is 1. The van der Waals surface area contributed by atoms with Crippen molar-refractivity contribution in [3.8, 4) is 0 Å². The topological polar surface area (TPSA) is 37.8 Å². The van der Waals surface area contributed by atoms with E-state index in [-0.39, 0.29) is 0 Å². The molecule has 0 saturated carbocycles. The van der Waals surface area contributed by atoms with Gasteiger partial charge in [-0.15, -0.1) is 0 Å². The Morgan fingerprint density at radius 3 is 2.84 bits per heavy atom. The van der Waals surface area contributed by atoms with E-state index in [1.54, 1.807) is 12.3 Å². The Morgan fingerprint density at radius 2 is 2.05 bits per heavy atom. The lowest BCUT2D eigenvalue weighted by atomic mass is 10.3. The number of anilines is 2. The Bertz CT molecular complexity index is 760. The smallest absolute Gasteiger partial charge is 0.189 e. The van der Waals surface area contributed by atoms with Gasteiger partial charge in [0.15, 0.2) is 10.9 Å². The summed E-state index contributed by atoms with van der Waals surface area (Å²) in [4.78, 5) is 8.66. The summed E-state index contributed by atoms with van der Waals surface area (Å²) >= 11 is 16.9. The molecule has 0 saturated heterocycles. The van der Waals surface area contributed by atoms with Crippen molar-refractivity contribution in [1.82, 2.24) is 9.97 Å². The number of aromatic nitrogens is 2. The molecule has 0 fully saturated rings. The molecule has 0 aliphatic rings. The summed E-state index contributed by atoms with van der Waals surface area (Å²) in [5.41, 5.74) is 0.894. The van der Waals surface area contributed by atoms with Gasteiger partial charge in [-0.3, -0.25) is 0 Å². The number of pyridine rings is 1. The summed E-state index contributed by atoms with van der Waals surface area (Å²) in [6, 6.07) is 7.37. The van der Waals surface area contributed by atoms with Crippen LogP contribution in [0.4, 0.5) is 10.9 Å². The molecular formula is C12H6BrCl2N3S. The van der Waals surface area contributed by atoms with Gasteiger partial charge in [0.1, 0.15) is 0 Å². The van der Waals surface area contributed by atoms with E-state index in [9.17, 15) is 0 Å². The minimum Gasteiger partial charge on any atom is -0.315 e. The van der Waals surface area contributed by atoms with E-state index in [1.165, 1.54) is 11.3 Å². The van der Waals surface area contributed by atoms with Crippen LogP contribution in [0.15, 0.2) is 34.9 Å². The average molecular weight is 375 g/mol. The van der Waals surface area contributed by atoms with Crippen LogP contribution in [0, 0.1) is 0 Å². The first-order valence-electron chi connectivity index (χ1n) is 5.26. The molecule has 0 bridgehead atoms. The lowest BCUT2D eigenvalue weighted by molar-refractivity contribution is 1.28. The number of fused-ring (bicyclic) bond motifs is 1. The molecule has 3 aromatic rings. The summed E-state index contributed by atoms with van der Waals surface area (Å²) in [6.45, 7) is 0. The van der Waals surface area contributed by atoms with Crippen LogP contribution < -0.4 is 5.32 Å². The minimum absolute atomic E-state index is 0.534. The van der Waals surface area contributed by atoms with Gasteiger partial charge in [0.25, 0.3) is 0 Å². The van der Waals surface area contributed by atoms with E-state index in [1.807, 2.05) is 18.2 Å². The van der Waals surface area contributed by atoms with Gasteiger partial charge in [0.05, 0.1) is 15.2 Å². The van der Waals surface area contributed by atoms with Crippen molar-refractivity contribution in [1.29, 1.82) is 0 Å². The monoisotopic (exact) mass is 373 g/mol. The second-order valence-electron chi connectivity index (χ2n) is 3.74. The Balaban J connectivity index is 1.96. The lowest BCUT2D eigenvalue weighted by Gasteiger charge is -2.03.